The number of benzene rings is 1. The van der Waals surface area contributed by atoms with Gasteiger partial charge in [-0.05, 0) is 18.1 Å². The van der Waals surface area contributed by atoms with Crippen LogP contribution in [0.2, 0.25) is 0 Å². The summed E-state index contributed by atoms with van der Waals surface area (Å²) in [7, 11) is 0. The summed E-state index contributed by atoms with van der Waals surface area (Å²) in [5, 5.41) is 18.6. The molecule has 0 fully saturated rings. The molecule has 0 aromatic heterocycles. The largest absolute Gasteiger partial charge is 0.460 e. The quantitative estimate of drug-likeness (QED) is 0.668. The fraction of sp³-hybridized carbons (Fsp3) is 0.400. The first kappa shape index (κ1) is 8.53. The Morgan fingerprint density at radius 1 is 1.38 bits per heavy atom. The number of hydrogen-bond donors (Lipinski definition) is 2. The third kappa shape index (κ3) is 1.53. The number of para-hydroxylation sites is 1. The Balaban J connectivity index is 2.29. The van der Waals surface area contributed by atoms with E-state index in [4.69, 9.17) is 9.84 Å². The summed E-state index contributed by atoms with van der Waals surface area (Å²) in [6.07, 6.45) is 1.19. The van der Waals surface area contributed by atoms with Crippen molar-refractivity contribution in [1.82, 2.24) is 0 Å². The van der Waals surface area contributed by atoms with E-state index in [1.54, 1.807) is 6.07 Å². The monoisotopic (exact) mass is 180 g/mol. The Morgan fingerprint density at radius 2 is 2.15 bits per heavy atom. The van der Waals surface area contributed by atoms with Gasteiger partial charge >= 0.3 is 0 Å². The van der Waals surface area contributed by atoms with Crippen molar-refractivity contribution in [3.8, 4) is 5.75 Å². The number of fused-ring (bicyclic) bond motifs is 1. The van der Waals surface area contributed by atoms with E-state index in [2.05, 4.69) is 0 Å². The summed E-state index contributed by atoms with van der Waals surface area (Å²) in [6.45, 7) is -0.360. The van der Waals surface area contributed by atoms with Crippen LogP contribution < -0.4 is 4.74 Å². The molecule has 0 saturated carbocycles. The van der Waals surface area contributed by atoms with Gasteiger partial charge in [0.1, 0.15) is 12.4 Å². The van der Waals surface area contributed by atoms with E-state index in [1.165, 1.54) is 0 Å². The van der Waals surface area contributed by atoms with Gasteiger partial charge < -0.3 is 14.9 Å². The van der Waals surface area contributed by atoms with Crippen LogP contribution in [0.5, 0.6) is 5.75 Å². The minimum atomic E-state index is -1.38. The molecule has 3 heteroatoms. The van der Waals surface area contributed by atoms with Crippen molar-refractivity contribution in [2.24, 2.45) is 0 Å². The molecule has 2 rings (SSSR count). The van der Waals surface area contributed by atoms with Gasteiger partial charge in [-0.2, -0.15) is 0 Å². The molecule has 70 valence electrons. The Labute approximate surface area is 76.6 Å². The van der Waals surface area contributed by atoms with Crippen LogP contribution in [-0.2, 0) is 6.42 Å². The SMILES string of the molecule is OCC1(O)CCc2ccccc2O1. The fourth-order valence-electron chi connectivity index (χ4n) is 1.51. The molecule has 0 aliphatic carbocycles. The maximum Gasteiger partial charge on any atom is 0.231 e. The predicted molar refractivity (Wildman–Crippen MR) is 47.4 cm³/mol. The van der Waals surface area contributed by atoms with E-state index >= 15 is 0 Å². The van der Waals surface area contributed by atoms with E-state index in [-0.39, 0.29) is 6.61 Å². The molecule has 1 aliphatic heterocycles. The summed E-state index contributed by atoms with van der Waals surface area (Å²) in [5.74, 6) is -0.709. The lowest BCUT2D eigenvalue weighted by Crippen LogP contribution is -2.42. The lowest BCUT2D eigenvalue weighted by atomic mass is 10.0. The van der Waals surface area contributed by atoms with Crippen molar-refractivity contribution in [1.29, 1.82) is 0 Å². The van der Waals surface area contributed by atoms with E-state index < -0.39 is 5.79 Å². The summed E-state index contributed by atoms with van der Waals surface area (Å²) in [6, 6.07) is 7.55. The zero-order valence-corrected chi connectivity index (χ0v) is 7.23. The van der Waals surface area contributed by atoms with E-state index in [1.807, 2.05) is 18.2 Å². The minimum absolute atomic E-state index is 0.360. The van der Waals surface area contributed by atoms with Gasteiger partial charge in [-0.15, -0.1) is 0 Å². The minimum Gasteiger partial charge on any atom is -0.460 e. The Morgan fingerprint density at radius 3 is 2.92 bits per heavy atom. The normalized spacial score (nSPS) is 26.3. The summed E-state index contributed by atoms with van der Waals surface area (Å²) >= 11 is 0. The summed E-state index contributed by atoms with van der Waals surface area (Å²) in [4.78, 5) is 0. The lowest BCUT2D eigenvalue weighted by Gasteiger charge is -2.32. The maximum atomic E-state index is 9.65. The van der Waals surface area contributed by atoms with Crippen molar-refractivity contribution >= 4 is 0 Å². The molecule has 0 saturated heterocycles. The van der Waals surface area contributed by atoms with Crippen LogP contribution in [0, 0.1) is 0 Å². The highest BCUT2D eigenvalue weighted by Gasteiger charge is 2.32. The Bertz CT molecular complexity index is 311. The van der Waals surface area contributed by atoms with Crippen molar-refractivity contribution in [3.63, 3.8) is 0 Å². The fourth-order valence-corrected chi connectivity index (χ4v) is 1.51. The average molecular weight is 180 g/mol. The Kier molecular flexibility index (Phi) is 1.98. The smallest absolute Gasteiger partial charge is 0.231 e. The van der Waals surface area contributed by atoms with Gasteiger partial charge in [-0.25, -0.2) is 0 Å². The molecule has 0 spiro atoms. The first-order chi connectivity index (χ1) is 6.23. The molecule has 13 heavy (non-hydrogen) atoms. The molecule has 3 nitrogen and oxygen atoms in total. The second kappa shape index (κ2) is 3.01. The molecule has 1 aromatic rings. The standard InChI is InChI=1S/C10H12O3/c11-7-10(12)6-5-8-3-1-2-4-9(8)13-10/h1-4,11-12H,5-7H2. The number of hydrogen-bond acceptors (Lipinski definition) is 3. The van der Waals surface area contributed by atoms with Crippen LogP contribution in [-0.4, -0.2) is 22.6 Å². The average Bonchev–Trinajstić information content (AvgIpc) is 2.18. The van der Waals surface area contributed by atoms with Gasteiger partial charge in [0, 0.05) is 6.42 Å². The number of rotatable bonds is 1. The zero-order chi connectivity index (χ0) is 9.31. The highest BCUT2D eigenvalue weighted by atomic mass is 16.6. The second-order valence-electron chi connectivity index (χ2n) is 3.31. The molecular weight excluding hydrogens is 168 g/mol. The molecule has 1 heterocycles. The molecule has 0 bridgehead atoms. The first-order valence-corrected chi connectivity index (χ1v) is 4.34. The third-order valence-corrected chi connectivity index (χ3v) is 2.30. The van der Waals surface area contributed by atoms with Crippen LogP contribution in [0.4, 0.5) is 0 Å². The molecular formula is C10H12O3. The molecule has 0 radical (unpaired) electrons. The molecule has 2 N–H and O–H groups in total. The summed E-state index contributed by atoms with van der Waals surface area (Å²) in [5.41, 5.74) is 1.08. The molecule has 1 unspecified atom stereocenters. The van der Waals surface area contributed by atoms with Crippen LogP contribution >= 0.6 is 0 Å². The van der Waals surface area contributed by atoms with Gasteiger partial charge in [-0.3, -0.25) is 0 Å². The highest BCUT2D eigenvalue weighted by Crippen LogP contribution is 2.31. The van der Waals surface area contributed by atoms with Crippen molar-refractivity contribution < 1.29 is 14.9 Å². The van der Waals surface area contributed by atoms with Gasteiger partial charge in [0.15, 0.2) is 0 Å². The van der Waals surface area contributed by atoms with Crippen molar-refractivity contribution in [3.05, 3.63) is 29.8 Å². The number of aryl methyl sites for hydroxylation is 1. The topological polar surface area (TPSA) is 49.7 Å². The number of aliphatic hydroxyl groups is 2. The third-order valence-electron chi connectivity index (χ3n) is 2.30. The van der Waals surface area contributed by atoms with Crippen LogP contribution in [0.25, 0.3) is 0 Å². The number of ether oxygens (including phenoxy) is 1. The van der Waals surface area contributed by atoms with Gasteiger partial charge in [-0.1, -0.05) is 18.2 Å². The Hall–Kier alpha value is -1.06. The highest BCUT2D eigenvalue weighted by molar-refractivity contribution is 5.35. The van der Waals surface area contributed by atoms with Gasteiger partial charge in [0.25, 0.3) is 0 Å². The lowest BCUT2D eigenvalue weighted by molar-refractivity contribution is -0.176. The maximum absolute atomic E-state index is 9.65. The zero-order valence-electron chi connectivity index (χ0n) is 7.23. The van der Waals surface area contributed by atoms with E-state index in [0.717, 1.165) is 12.0 Å². The van der Waals surface area contributed by atoms with Crippen LogP contribution in [0.1, 0.15) is 12.0 Å². The van der Waals surface area contributed by atoms with Crippen molar-refractivity contribution in [2.75, 3.05) is 6.61 Å². The van der Waals surface area contributed by atoms with Gasteiger partial charge in [0.05, 0.1) is 0 Å². The van der Waals surface area contributed by atoms with E-state index in [9.17, 15) is 5.11 Å². The van der Waals surface area contributed by atoms with Crippen molar-refractivity contribution in [2.45, 2.75) is 18.6 Å². The molecule has 0 amide bonds. The molecule has 1 aromatic carbocycles. The van der Waals surface area contributed by atoms with E-state index in [0.29, 0.717) is 12.2 Å². The molecule has 1 atom stereocenters. The molecule has 1 aliphatic rings. The van der Waals surface area contributed by atoms with Crippen LogP contribution in [0.3, 0.4) is 0 Å². The van der Waals surface area contributed by atoms with Crippen LogP contribution in [0.15, 0.2) is 24.3 Å². The first-order valence-electron chi connectivity index (χ1n) is 4.34. The van der Waals surface area contributed by atoms with Gasteiger partial charge in [0.2, 0.25) is 5.79 Å². The number of aliphatic hydroxyl groups excluding tert-OH is 1. The predicted octanol–water partition coefficient (Wildman–Crippen LogP) is 0.693. The second-order valence-corrected chi connectivity index (χ2v) is 3.31. The summed E-state index contributed by atoms with van der Waals surface area (Å²) < 4.78 is 5.27.